The summed E-state index contributed by atoms with van der Waals surface area (Å²) < 4.78 is 18.9. The normalized spacial score (nSPS) is 32.2. The number of benzene rings is 1. The molecule has 3 fully saturated rings. The van der Waals surface area contributed by atoms with Crippen molar-refractivity contribution in [3.8, 4) is 5.75 Å². The third kappa shape index (κ3) is 3.09. The van der Waals surface area contributed by atoms with Crippen LogP contribution in [0.25, 0.3) is 0 Å². The molecule has 2 saturated heterocycles. The maximum Gasteiger partial charge on any atom is 0.260 e. The smallest absolute Gasteiger partial charge is 0.260 e. The summed E-state index contributed by atoms with van der Waals surface area (Å²) in [6, 6.07) is 6.29. The van der Waals surface area contributed by atoms with Crippen LogP contribution in [0.1, 0.15) is 46.0 Å². The third-order valence-corrected chi connectivity index (χ3v) is 6.76. The molecule has 4 atom stereocenters. The van der Waals surface area contributed by atoms with Crippen LogP contribution < -0.4 is 4.74 Å². The molecule has 1 aliphatic carbocycles. The highest BCUT2D eigenvalue weighted by atomic mass is 19.1. The van der Waals surface area contributed by atoms with Crippen LogP contribution in [0.15, 0.2) is 24.3 Å². The lowest BCUT2D eigenvalue weighted by molar-refractivity contribution is -0.141. The number of nitrogens with zero attached hydrogens (tertiary/aromatic N) is 2. The molecule has 3 aliphatic rings. The molecule has 2 heterocycles. The van der Waals surface area contributed by atoms with Gasteiger partial charge in [-0.05, 0) is 31.4 Å². The predicted octanol–water partition coefficient (Wildman–Crippen LogP) is 2.99. The first-order valence-electron chi connectivity index (χ1n) is 9.87. The quantitative estimate of drug-likeness (QED) is 0.817. The molecular formula is C21H27FN2O3. The number of halogens is 1. The molecule has 146 valence electrons. The van der Waals surface area contributed by atoms with Crippen LogP contribution >= 0.6 is 0 Å². The van der Waals surface area contributed by atoms with E-state index in [2.05, 4.69) is 6.92 Å². The van der Waals surface area contributed by atoms with E-state index in [1.165, 1.54) is 12.1 Å². The van der Waals surface area contributed by atoms with Crippen molar-refractivity contribution >= 4 is 11.8 Å². The summed E-state index contributed by atoms with van der Waals surface area (Å²) >= 11 is 0. The van der Waals surface area contributed by atoms with Crippen LogP contribution in [0.5, 0.6) is 5.75 Å². The average molecular weight is 374 g/mol. The van der Waals surface area contributed by atoms with Crippen molar-refractivity contribution in [1.82, 2.24) is 9.80 Å². The average Bonchev–Trinajstić information content (AvgIpc) is 2.74. The fourth-order valence-corrected chi connectivity index (χ4v) is 5.70. The number of likely N-dealkylation sites (tertiary alicyclic amines) is 2. The summed E-state index contributed by atoms with van der Waals surface area (Å²) in [6.07, 6.45) is 5.12. The van der Waals surface area contributed by atoms with E-state index in [1.54, 1.807) is 19.1 Å². The van der Waals surface area contributed by atoms with E-state index in [4.69, 9.17) is 4.74 Å². The highest BCUT2D eigenvalue weighted by molar-refractivity contribution is 5.79. The number of carbonyl (C=O) groups is 2. The molecule has 5 nitrogen and oxygen atoms in total. The number of rotatable bonds is 3. The molecule has 1 saturated carbocycles. The number of piperidine rings is 1. The first-order valence-corrected chi connectivity index (χ1v) is 9.87. The minimum Gasteiger partial charge on any atom is -0.484 e. The number of ether oxygens (including phenoxy) is 1. The van der Waals surface area contributed by atoms with E-state index in [-0.39, 0.29) is 47.8 Å². The van der Waals surface area contributed by atoms with E-state index >= 15 is 0 Å². The van der Waals surface area contributed by atoms with Crippen LogP contribution in [0.2, 0.25) is 0 Å². The fraction of sp³-hybridized carbons (Fsp3) is 0.619. The molecule has 0 N–H and O–H groups in total. The highest BCUT2D eigenvalue weighted by Gasteiger charge is 2.60. The van der Waals surface area contributed by atoms with E-state index < -0.39 is 0 Å². The van der Waals surface area contributed by atoms with Crippen molar-refractivity contribution in [2.24, 2.45) is 5.41 Å². The molecule has 1 aromatic rings. The Morgan fingerprint density at radius 3 is 2.70 bits per heavy atom. The van der Waals surface area contributed by atoms with Gasteiger partial charge in [0.15, 0.2) is 6.61 Å². The van der Waals surface area contributed by atoms with Gasteiger partial charge in [0.25, 0.3) is 5.91 Å². The Hall–Kier alpha value is -2.11. The fourth-order valence-electron chi connectivity index (χ4n) is 5.70. The summed E-state index contributed by atoms with van der Waals surface area (Å²) in [5.41, 5.74) is -0.0560. The Labute approximate surface area is 159 Å². The van der Waals surface area contributed by atoms with Gasteiger partial charge in [-0.25, -0.2) is 4.39 Å². The van der Waals surface area contributed by atoms with Crippen molar-refractivity contribution in [3.05, 3.63) is 30.1 Å². The van der Waals surface area contributed by atoms with Crippen molar-refractivity contribution in [2.75, 3.05) is 13.2 Å². The largest absolute Gasteiger partial charge is 0.484 e. The van der Waals surface area contributed by atoms with Gasteiger partial charge in [0.2, 0.25) is 5.91 Å². The van der Waals surface area contributed by atoms with Crippen molar-refractivity contribution < 1.29 is 18.7 Å². The van der Waals surface area contributed by atoms with Crippen LogP contribution in [0.3, 0.4) is 0 Å². The second kappa shape index (κ2) is 6.80. The van der Waals surface area contributed by atoms with Gasteiger partial charge in [0.05, 0.1) is 6.04 Å². The lowest BCUT2D eigenvalue weighted by Crippen LogP contribution is -2.56. The van der Waals surface area contributed by atoms with Crippen LogP contribution in [0, 0.1) is 11.2 Å². The Kier molecular flexibility index (Phi) is 4.60. The molecule has 27 heavy (non-hydrogen) atoms. The lowest BCUT2D eigenvalue weighted by atomic mass is 9.71. The Morgan fingerprint density at radius 1 is 1.26 bits per heavy atom. The molecule has 2 bridgehead atoms. The summed E-state index contributed by atoms with van der Waals surface area (Å²) in [5, 5.41) is 0. The first kappa shape index (κ1) is 18.3. The zero-order chi connectivity index (χ0) is 19.2. The van der Waals surface area contributed by atoms with Gasteiger partial charge >= 0.3 is 0 Å². The van der Waals surface area contributed by atoms with Gasteiger partial charge in [0.1, 0.15) is 11.6 Å². The number of hydrogen-bond acceptors (Lipinski definition) is 3. The summed E-state index contributed by atoms with van der Waals surface area (Å²) in [7, 11) is 0. The van der Waals surface area contributed by atoms with Gasteiger partial charge in [0, 0.05) is 37.0 Å². The van der Waals surface area contributed by atoms with Gasteiger partial charge < -0.3 is 14.5 Å². The second-order valence-electron chi connectivity index (χ2n) is 8.40. The maximum atomic E-state index is 13.3. The standard InChI is InChI=1S/C21H27FN2O3/c1-14(25)24-16-11-21(2)18(8-3-4-9-19(21)24)23(12-16)20(26)13-27-17-7-5-6-15(22)10-17/h5-7,10,16,18-19H,3-4,8-9,11-13H2,1-2H3/t16-,18+,19-,21+/m0/s1. The minimum atomic E-state index is -0.382. The van der Waals surface area contributed by atoms with Gasteiger partial charge in [-0.15, -0.1) is 0 Å². The Morgan fingerprint density at radius 2 is 2.00 bits per heavy atom. The molecule has 2 aliphatic heterocycles. The molecule has 4 rings (SSSR count). The molecule has 2 amide bonds. The van der Waals surface area contributed by atoms with Gasteiger partial charge in [-0.3, -0.25) is 9.59 Å². The van der Waals surface area contributed by atoms with E-state index in [1.807, 2.05) is 9.80 Å². The van der Waals surface area contributed by atoms with E-state index in [0.29, 0.717) is 12.3 Å². The first-order chi connectivity index (χ1) is 12.9. The number of fused-ring (bicyclic) bond motifs is 1. The summed E-state index contributed by atoms with van der Waals surface area (Å²) in [5.74, 6) is 0.0109. The SMILES string of the molecule is CC(=O)N1[C@@H]2CN(C(=O)COc3cccc(F)c3)[C@@H]3CCCC[C@H]1[C@]3(C)C2. The van der Waals surface area contributed by atoms with Crippen LogP contribution in [-0.4, -0.2) is 52.9 Å². The molecule has 1 aromatic carbocycles. The van der Waals surface area contributed by atoms with E-state index in [9.17, 15) is 14.0 Å². The molecule has 0 spiro atoms. The van der Waals surface area contributed by atoms with Crippen LogP contribution in [0.4, 0.5) is 4.39 Å². The van der Waals surface area contributed by atoms with Crippen molar-refractivity contribution in [1.29, 1.82) is 0 Å². The zero-order valence-electron chi connectivity index (χ0n) is 16.0. The third-order valence-electron chi connectivity index (χ3n) is 6.76. The lowest BCUT2D eigenvalue weighted by Gasteiger charge is -2.46. The van der Waals surface area contributed by atoms with E-state index in [0.717, 1.165) is 32.1 Å². The summed E-state index contributed by atoms with van der Waals surface area (Å²) in [4.78, 5) is 29.3. The van der Waals surface area contributed by atoms with Crippen LogP contribution in [-0.2, 0) is 9.59 Å². The number of hydrogen-bond donors (Lipinski definition) is 0. The summed E-state index contributed by atoms with van der Waals surface area (Å²) in [6.45, 7) is 4.36. The molecule has 6 heteroatoms. The number of carbonyl (C=O) groups excluding carboxylic acids is 2. The molecule has 0 radical (unpaired) electrons. The highest BCUT2D eigenvalue weighted by Crippen LogP contribution is 2.53. The maximum absolute atomic E-state index is 13.3. The Balaban J connectivity index is 1.54. The van der Waals surface area contributed by atoms with Gasteiger partial charge in [-0.2, -0.15) is 0 Å². The Bertz CT molecular complexity index is 755. The topological polar surface area (TPSA) is 49.9 Å². The van der Waals surface area contributed by atoms with Crippen molar-refractivity contribution in [3.63, 3.8) is 0 Å². The van der Waals surface area contributed by atoms with Gasteiger partial charge in [-0.1, -0.05) is 25.8 Å². The zero-order valence-corrected chi connectivity index (χ0v) is 16.0. The minimum absolute atomic E-state index is 0.0560. The van der Waals surface area contributed by atoms with Crippen molar-refractivity contribution in [2.45, 2.75) is 64.1 Å². The molecule has 0 aromatic heterocycles. The molecular weight excluding hydrogens is 347 g/mol. The monoisotopic (exact) mass is 374 g/mol. The second-order valence-corrected chi connectivity index (χ2v) is 8.40. The predicted molar refractivity (Wildman–Crippen MR) is 98.7 cm³/mol. The molecule has 0 unspecified atom stereocenters. The number of amides is 2.